The Balaban J connectivity index is 1.72. The predicted molar refractivity (Wildman–Crippen MR) is 192 cm³/mol. The summed E-state index contributed by atoms with van der Waals surface area (Å²) in [6.07, 6.45) is -1.75. The number of hydrogen-bond donors (Lipinski definition) is 2. The second-order valence-corrected chi connectivity index (χ2v) is 15.9. The van der Waals surface area contributed by atoms with Crippen LogP contribution in [0.1, 0.15) is 73.9 Å². The fourth-order valence-corrected chi connectivity index (χ4v) is 6.74. The lowest BCUT2D eigenvalue weighted by atomic mass is 9.87. The molecule has 17 heteroatoms. The number of carbonyl (C=O) groups excluding carboxylic acids is 3. The van der Waals surface area contributed by atoms with Crippen LogP contribution in [0.25, 0.3) is 5.52 Å². The quantitative estimate of drug-likeness (QED) is 0.104. The van der Waals surface area contributed by atoms with Crippen LogP contribution in [0.4, 0.5) is 5.82 Å². The maximum absolute atomic E-state index is 14.5. The first-order valence-corrected chi connectivity index (χ1v) is 19.0. The number of para-hydroxylation sites is 1. The standard InChI is InChI=1S/C36H49N6O10P/c1-9-35(7,8)17-18-47-34(45)24(6)41-53(46,52-25-13-11-10-12-14-25)48-19-27-29(49-32(43)22(2)3)30(50-33(44)23(4)5)36(20-37,51-27)28-16-15-26-31(38)39-21-40-42(26)28/h10-16,21-24,27,29-30H,9,17-19H2,1-8H3,(H,41,46)(H2,38,39,40)/t24-,27+,29+,30+,36-,53?/m0/s1. The number of carbonyl (C=O) groups is 3. The highest BCUT2D eigenvalue weighted by Crippen LogP contribution is 2.48. The third-order valence-corrected chi connectivity index (χ3v) is 10.6. The van der Waals surface area contributed by atoms with E-state index in [-0.39, 0.29) is 29.3 Å². The lowest BCUT2D eigenvalue weighted by molar-refractivity contribution is -0.173. The number of esters is 3. The van der Waals surface area contributed by atoms with Gasteiger partial charge in [0.15, 0.2) is 18.0 Å². The molecule has 1 aromatic carbocycles. The number of nitrogens with two attached hydrogens (primary N) is 1. The van der Waals surface area contributed by atoms with Crippen molar-refractivity contribution >= 4 is 37.0 Å². The second kappa shape index (κ2) is 17.1. The Kier molecular flexibility index (Phi) is 13.3. The highest BCUT2D eigenvalue weighted by atomic mass is 31.2. The number of hydrogen-bond acceptors (Lipinski definition) is 14. The van der Waals surface area contributed by atoms with Crippen molar-refractivity contribution < 1.29 is 46.9 Å². The maximum atomic E-state index is 14.5. The van der Waals surface area contributed by atoms with E-state index in [1.165, 1.54) is 23.8 Å². The summed E-state index contributed by atoms with van der Waals surface area (Å²) in [4.78, 5) is 43.4. The lowest BCUT2D eigenvalue weighted by Crippen LogP contribution is -2.47. The molecule has 1 fully saturated rings. The SMILES string of the molecule is CCC(C)(C)CCOC(=O)[C@H](C)NP(=O)(OC[C@H]1O[C@@](C#N)(c2ccc3c(N)ncnn23)[C@H](OC(=O)C(C)C)[C@@H]1OC(=O)C(C)C)Oc1ccccc1. The van der Waals surface area contributed by atoms with E-state index in [4.69, 9.17) is 33.7 Å². The van der Waals surface area contributed by atoms with E-state index in [9.17, 15) is 24.2 Å². The zero-order valence-electron chi connectivity index (χ0n) is 31.3. The molecule has 288 valence electrons. The number of nitrogens with one attached hydrogen (secondary N) is 1. The number of nitrogen functional groups attached to an aromatic ring is 1. The average molecular weight is 757 g/mol. The molecule has 1 aliphatic rings. The van der Waals surface area contributed by atoms with E-state index in [1.54, 1.807) is 64.1 Å². The van der Waals surface area contributed by atoms with Crippen LogP contribution in [0.15, 0.2) is 48.8 Å². The normalized spacial score (nSPS) is 21.9. The summed E-state index contributed by atoms with van der Waals surface area (Å²) in [6, 6.07) is 12.1. The first-order valence-electron chi connectivity index (χ1n) is 17.5. The molecular weight excluding hydrogens is 707 g/mol. The molecule has 1 unspecified atom stereocenters. The molecule has 6 atom stereocenters. The van der Waals surface area contributed by atoms with Crippen molar-refractivity contribution in [1.82, 2.24) is 19.7 Å². The molecule has 53 heavy (non-hydrogen) atoms. The van der Waals surface area contributed by atoms with Gasteiger partial charge in [0.2, 0.25) is 5.60 Å². The number of ether oxygens (including phenoxy) is 4. The van der Waals surface area contributed by atoms with Crippen LogP contribution in [-0.4, -0.2) is 70.1 Å². The molecule has 0 aliphatic carbocycles. The van der Waals surface area contributed by atoms with Gasteiger partial charge < -0.3 is 29.2 Å². The zero-order valence-corrected chi connectivity index (χ0v) is 32.2. The smallest absolute Gasteiger partial charge is 0.459 e. The van der Waals surface area contributed by atoms with Crippen molar-refractivity contribution in [2.45, 2.75) is 98.2 Å². The minimum absolute atomic E-state index is 0.0463. The fraction of sp³-hybridized carbons (Fsp3) is 0.556. The van der Waals surface area contributed by atoms with Crippen molar-refractivity contribution in [2.24, 2.45) is 17.3 Å². The van der Waals surface area contributed by atoms with Gasteiger partial charge in [-0.3, -0.25) is 18.9 Å². The molecule has 4 rings (SSSR count). The molecule has 16 nitrogen and oxygen atoms in total. The Morgan fingerprint density at radius 1 is 1.06 bits per heavy atom. The van der Waals surface area contributed by atoms with Gasteiger partial charge in [-0.2, -0.15) is 15.4 Å². The number of nitrogens with zero attached hydrogens (tertiary/aromatic N) is 4. The van der Waals surface area contributed by atoms with Gasteiger partial charge in [-0.25, -0.2) is 14.1 Å². The van der Waals surface area contributed by atoms with Gasteiger partial charge in [0, 0.05) is 0 Å². The summed E-state index contributed by atoms with van der Waals surface area (Å²) in [5.74, 6) is -3.14. The van der Waals surface area contributed by atoms with E-state index in [2.05, 4.69) is 35.1 Å². The molecule has 0 bridgehead atoms. The fourth-order valence-electron chi connectivity index (χ4n) is 5.24. The Morgan fingerprint density at radius 3 is 2.34 bits per heavy atom. The van der Waals surface area contributed by atoms with Crippen LogP contribution in [-0.2, 0) is 48.0 Å². The van der Waals surface area contributed by atoms with Crippen LogP contribution < -0.4 is 15.3 Å². The van der Waals surface area contributed by atoms with Crippen LogP contribution in [0, 0.1) is 28.6 Å². The van der Waals surface area contributed by atoms with E-state index in [1.807, 2.05) is 6.92 Å². The monoisotopic (exact) mass is 756 g/mol. The molecule has 1 saturated heterocycles. The highest BCUT2D eigenvalue weighted by molar-refractivity contribution is 7.52. The zero-order chi connectivity index (χ0) is 39.1. The van der Waals surface area contributed by atoms with Gasteiger partial charge in [0.05, 0.1) is 30.7 Å². The van der Waals surface area contributed by atoms with Crippen molar-refractivity contribution in [3.05, 3.63) is 54.5 Å². The first kappa shape index (κ1) is 41.2. The molecular formula is C36H49N6O10P. The van der Waals surface area contributed by atoms with Gasteiger partial charge in [-0.05, 0) is 43.0 Å². The van der Waals surface area contributed by atoms with Crippen molar-refractivity contribution in [1.29, 1.82) is 5.26 Å². The second-order valence-electron chi connectivity index (χ2n) is 14.2. The largest absolute Gasteiger partial charge is 0.465 e. The molecule has 2 aromatic heterocycles. The van der Waals surface area contributed by atoms with Crippen LogP contribution >= 0.6 is 7.75 Å². The molecule has 0 amide bonds. The summed E-state index contributed by atoms with van der Waals surface area (Å²) in [6.45, 7) is 13.5. The molecule has 0 radical (unpaired) electrons. The minimum Gasteiger partial charge on any atom is -0.465 e. The number of nitriles is 1. The minimum atomic E-state index is -4.48. The molecule has 3 N–H and O–H groups in total. The summed E-state index contributed by atoms with van der Waals surface area (Å²) >= 11 is 0. The average Bonchev–Trinajstić information content (AvgIpc) is 3.68. The van der Waals surface area contributed by atoms with Gasteiger partial charge in [0.1, 0.15) is 35.8 Å². The number of benzene rings is 1. The number of aromatic nitrogens is 3. The van der Waals surface area contributed by atoms with Crippen LogP contribution in [0.5, 0.6) is 5.75 Å². The summed E-state index contributed by atoms with van der Waals surface area (Å²) in [5, 5.41) is 17.8. The van der Waals surface area contributed by atoms with Gasteiger partial charge in [0.25, 0.3) is 0 Å². The van der Waals surface area contributed by atoms with Gasteiger partial charge >= 0.3 is 25.7 Å². The van der Waals surface area contributed by atoms with Crippen LogP contribution in [0.3, 0.4) is 0 Å². The maximum Gasteiger partial charge on any atom is 0.459 e. The third-order valence-electron chi connectivity index (χ3n) is 8.93. The Labute approximate surface area is 309 Å². The predicted octanol–water partition coefficient (Wildman–Crippen LogP) is 5.12. The third kappa shape index (κ3) is 9.71. The molecule has 3 heterocycles. The topological polar surface area (TPSA) is 216 Å². The Morgan fingerprint density at radius 2 is 1.72 bits per heavy atom. The number of fused-ring (bicyclic) bond motifs is 1. The molecule has 0 spiro atoms. The summed E-state index contributed by atoms with van der Waals surface area (Å²) in [5.41, 5.74) is 4.29. The summed E-state index contributed by atoms with van der Waals surface area (Å²) in [7, 11) is -4.48. The first-order chi connectivity index (χ1) is 25.0. The molecule has 1 aliphatic heterocycles. The number of rotatable bonds is 17. The number of anilines is 1. The lowest BCUT2D eigenvalue weighted by Gasteiger charge is -2.29. The van der Waals surface area contributed by atoms with Crippen LogP contribution in [0.2, 0.25) is 0 Å². The van der Waals surface area contributed by atoms with Crippen molar-refractivity contribution in [3.63, 3.8) is 0 Å². The highest BCUT2D eigenvalue weighted by Gasteiger charge is 2.63. The van der Waals surface area contributed by atoms with Gasteiger partial charge in [-0.15, -0.1) is 0 Å². The molecule has 0 saturated carbocycles. The Hall–Kier alpha value is -4.55. The molecule has 3 aromatic rings. The van der Waals surface area contributed by atoms with E-state index in [0.717, 1.165) is 6.42 Å². The van der Waals surface area contributed by atoms with E-state index < -0.39 is 74.1 Å². The van der Waals surface area contributed by atoms with Crippen molar-refractivity contribution in [3.8, 4) is 11.8 Å². The Bertz CT molecular complexity index is 1840. The van der Waals surface area contributed by atoms with E-state index in [0.29, 0.717) is 11.9 Å². The van der Waals surface area contributed by atoms with E-state index >= 15 is 0 Å². The summed E-state index contributed by atoms with van der Waals surface area (Å²) < 4.78 is 51.2. The van der Waals surface area contributed by atoms with Gasteiger partial charge in [-0.1, -0.05) is 73.1 Å². The van der Waals surface area contributed by atoms with Crippen molar-refractivity contribution in [2.75, 3.05) is 18.9 Å².